The van der Waals surface area contributed by atoms with E-state index in [9.17, 15) is 14.4 Å². The molecule has 1 aromatic heterocycles. The Morgan fingerprint density at radius 1 is 0.682 bits per heavy atom. The molecule has 0 saturated carbocycles. The molecule has 0 aliphatic carbocycles. The molecule has 0 fully saturated rings. The number of rotatable bonds is 43. The van der Waals surface area contributed by atoms with Crippen molar-refractivity contribution in [1.82, 2.24) is 30.9 Å². The Morgan fingerprint density at radius 2 is 1.20 bits per heavy atom. The van der Waals surface area contributed by atoms with Crippen LogP contribution >= 0.6 is 0 Å². The molecule has 0 aliphatic heterocycles. The lowest BCUT2D eigenvalue weighted by Crippen LogP contribution is -2.45. The van der Waals surface area contributed by atoms with Gasteiger partial charge in [0.2, 0.25) is 17.7 Å². The molecule has 1 atom stereocenters. The third kappa shape index (κ3) is 33.7. The highest BCUT2D eigenvalue weighted by Crippen LogP contribution is 2.15. The summed E-state index contributed by atoms with van der Waals surface area (Å²) < 4.78 is 57.0. The minimum absolute atomic E-state index is 0.261. The molecule has 2 rings (SSSR count). The van der Waals surface area contributed by atoms with E-state index >= 15 is 0 Å². The standard InChI is InChI=1S/C45H80N8O13/c1-37(2)48-32-40-33-53(52-51-40)15-17-58-19-21-60-23-25-62-27-29-64-31-30-63-28-26-61-24-22-59-20-18-57-16-14-47-42(54)35-65-36-43(55)50-41(8-6-7-13-46)44(56)49-39-11-9-38(10-12-39)34-66-45(3,4)5/h9-12,33,37,41,48H,6-8,13-32,34-36,46H2,1-5H3,(H,47,54)(H,49,56)(H,50,55)/t41-/m0/s1. The predicted octanol–water partition coefficient (Wildman–Crippen LogP) is 1.61. The first-order valence-electron chi connectivity index (χ1n) is 23.1. The Balaban J connectivity index is 1.32. The average Bonchev–Trinajstić information content (AvgIpc) is 3.75. The molecule has 0 bridgehead atoms. The highest BCUT2D eigenvalue weighted by atomic mass is 16.6. The summed E-state index contributed by atoms with van der Waals surface area (Å²) in [6.07, 6.45) is 3.69. The molecule has 0 unspecified atom stereocenters. The van der Waals surface area contributed by atoms with E-state index in [1.54, 1.807) is 16.8 Å². The molecule has 21 nitrogen and oxygen atoms in total. The van der Waals surface area contributed by atoms with Crippen LogP contribution in [0.15, 0.2) is 30.5 Å². The van der Waals surface area contributed by atoms with Gasteiger partial charge in [-0.2, -0.15) is 0 Å². The number of hydrogen-bond acceptors (Lipinski definition) is 17. The van der Waals surface area contributed by atoms with E-state index in [4.69, 9.17) is 53.1 Å². The van der Waals surface area contributed by atoms with Gasteiger partial charge in [-0.25, -0.2) is 4.68 Å². The van der Waals surface area contributed by atoms with E-state index in [0.29, 0.717) is 156 Å². The molecule has 6 N–H and O–H groups in total. The smallest absolute Gasteiger partial charge is 0.246 e. The molecule has 0 saturated heterocycles. The van der Waals surface area contributed by atoms with Crippen molar-refractivity contribution in [3.05, 3.63) is 41.7 Å². The molecule has 0 aliphatic rings. The van der Waals surface area contributed by atoms with Gasteiger partial charge in [-0.05, 0) is 64.3 Å². The normalized spacial score (nSPS) is 12.2. The summed E-state index contributed by atoms with van der Waals surface area (Å²) in [5, 5.41) is 19.8. The average molecular weight is 941 g/mol. The van der Waals surface area contributed by atoms with Crippen LogP contribution in [-0.2, 0) is 81.4 Å². The van der Waals surface area contributed by atoms with E-state index in [-0.39, 0.29) is 37.9 Å². The van der Waals surface area contributed by atoms with Crippen LogP contribution in [0, 0.1) is 0 Å². The second-order valence-electron chi connectivity index (χ2n) is 16.2. The zero-order valence-corrected chi connectivity index (χ0v) is 40.2. The molecule has 0 spiro atoms. The number of ether oxygens (including phenoxy) is 10. The molecular weight excluding hydrogens is 861 g/mol. The molecule has 3 amide bonds. The first-order valence-corrected chi connectivity index (χ1v) is 23.1. The van der Waals surface area contributed by atoms with E-state index in [1.165, 1.54) is 0 Å². The van der Waals surface area contributed by atoms with Gasteiger partial charge in [0, 0.05) is 31.0 Å². The van der Waals surface area contributed by atoms with E-state index in [2.05, 4.69) is 45.4 Å². The van der Waals surface area contributed by atoms with Crippen LogP contribution < -0.4 is 27.0 Å². The molecule has 66 heavy (non-hydrogen) atoms. The van der Waals surface area contributed by atoms with Crippen molar-refractivity contribution >= 4 is 23.4 Å². The summed E-state index contributed by atoms with van der Waals surface area (Å²) in [5.41, 5.74) is 7.85. The second kappa shape index (κ2) is 38.3. The van der Waals surface area contributed by atoms with Crippen molar-refractivity contribution < 1.29 is 61.8 Å². The number of nitrogens with one attached hydrogen (secondary N) is 4. The largest absolute Gasteiger partial charge is 0.377 e. The minimum atomic E-state index is -0.792. The number of nitrogens with two attached hydrogens (primary N) is 1. The number of unbranched alkanes of at least 4 members (excludes halogenated alkanes) is 1. The summed E-state index contributed by atoms with van der Waals surface area (Å²) in [5.74, 6) is -1.26. The fourth-order valence-corrected chi connectivity index (χ4v) is 5.40. The Morgan fingerprint density at radius 3 is 1.71 bits per heavy atom. The fourth-order valence-electron chi connectivity index (χ4n) is 5.40. The first kappa shape index (κ1) is 58.4. The van der Waals surface area contributed by atoms with Crippen LogP contribution in [0.3, 0.4) is 0 Å². The van der Waals surface area contributed by atoms with Gasteiger partial charge in [0.15, 0.2) is 0 Å². The van der Waals surface area contributed by atoms with Crippen molar-refractivity contribution in [2.24, 2.45) is 5.73 Å². The lowest BCUT2D eigenvalue weighted by molar-refractivity contribution is -0.133. The second-order valence-corrected chi connectivity index (χ2v) is 16.2. The topological polar surface area (TPSA) is 248 Å². The summed E-state index contributed by atoms with van der Waals surface area (Å²) in [6, 6.07) is 6.95. The third-order valence-corrected chi connectivity index (χ3v) is 8.87. The highest BCUT2D eigenvalue weighted by Gasteiger charge is 2.21. The Labute approximate surface area is 391 Å². The van der Waals surface area contributed by atoms with Crippen LogP contribution in [0.25, 0.3) is 0 Å². The predicted molar refractivity (Wildman–Crippen MR) is 247 cm³/mol. The Hall–Kier alpha value is -3.71. The van der Waals surface area contributed by atoms with Crippen LogP contribution in [0.2, 0.25) is 0 Å². The number of carbonyl (C=O) groups excluding carboxylic acids is 3. The summed E-state index contributed by atoms with van der Waals surface area (Å²) in [7, 11) is 0. The zero-order valence-electron chi connectivity index (χ0n) is 40.2. The monoisotopic (exact) mass is 941 g/mol. The molecule has 378 valence electrons. The van der Waals surface area contributed by atoms with Gasteiger partial charge in [-0.1, -0.05) is 31.2 Å². The molecule has 0 radical (unpaired) electrons. The van der Waals surface area contributed by atoms with Crippen LogP contribution in [0.4, 0.5) is 5.69 Å². The van der Waals surface area contributed by atoms with Crippen LogP contribution in [-0.4, -0.2) is 182 Å². The summed E-state index contributed by atoms with van der Waals surface area (Å²) >= 11 is 0. The van der Waals surface area contributed by atoms with Crippen LogP contribution in [0.1, 0.15) is 65.1 Å². The van der Waals surface area contributed by atoms with Gasteiger partial charge in [-0.15, -0.1) is 5.10 Å². The van der Waals surface area contributed by atoms with Gasteiger partial charge in [0.25, 0.3) is 0 Å². The van der Waals surface area contributed by atoms with Gasteiger partial charge in [0.1, 0.15) is 19.3 Å². The lowest BCUT2D eigenvalue weighted by atomic mass is 10.1. The van der Waals surface area contributed by atoms with Gasteiger partial charge in [0.05, 0.1) is 130 Å². The SMILES string of the molecule is CC(C)NCc1cn(CCOCCOCCOCCOCCOCCOCCOCCOCCNC(=O)COCC(=O)N[C@@H](CCCCN)C(=O)Nc2ccc(COC(C)(C)C)cc2)nn1. The molecule has 21 heteroatoms. The summed E-state index contributed by atoms with van der Waals surface area (Å²) in [4.78, 5) is 37.8. The maximum absolute atomic E-state index is 13.0. The number of aromatic nitrogens is 3. The van der Waals surface area contributed by atoms with Gasteiger partial charge in [-0.3, -0.25) is 14.4 Å². The molecule has 1 aromatic carbocycles. The van der Waals surface area contributed by atoms with Crippen molar-refractivity contribution in [3.63, 3.8) is 0 Å². The van der Waals surface area contributed by atoms with E-state index in [0.717, 1.165) is 11.3 Å². The number of anilines is 1. The van der Waals surface area contributed by atoms with E-state index < -0.39 is 17.9 Å². The molecule has 1 heterocycles. The van der Waals surface area contributed by atoms with Crippen molar-refractivity contribution in [2.75, 3.05) is 137 Å². The maximum Gasteiger partial charge on any atom is 0.246 e. The highest BCUT2D eigenvalue weighted by molar-refractivity contribution is 5.97. The maximum atomic E-state index is 13.0. The quantitative estimate of drug-likeness (QED) is 0.0593. The number of nitrogens with zero attached hydrogens (tertiary/aromatic N) is 3. The van der Waals surface area contributed by atoms with Crippen LogP contribution in [0.5, 0.6) is 0 Å². The van der Waals surface area contributed by atoms with Crippen molar-refractivity contribution in [3.8, 4) is 0 Å². The molecular formula is C45H80N8O13. The zero-order chi connectivity index (χ0) is 47.9. The lowest BCUT2D eigenvalue weighted by Gasteiger charge is -2.20. The third-order valence-electron chi connectivity index (χ3n) is 8.87. The number of amides is 3. The fraction of sp³-hybridized carbons (Fsp3) is 0.756. The minimum Gasteiger partial charge on any atom is -0.377 e. The van der Waals surface area contributed by atoms with Crippen molar-refractivity contribution in [1.29, 1.82) is 0 Å². The van der Waals surface area contributed by atoms with Gasteiger partial charge >= 0.3 is 0 Å². The molecule has 2 aromatic rings. The van der Waals surface area contributed by atoms with Crippen molar-refractivity contribution in [2.45, 2.75) is 91.3 Å². The summed E-state index contributed by atoms with van der Waals surface area (Å²) in [6.45, 7) is 19.1. The van der Waals surface area contributed by atoms with E-state index in [1.807, 2.05) is 39.1 Å². The number of benzene rings is 1. The first-order chi connectivity index (χ1) is 31.9. The Bertz CT molecular complexity index is 1520. The number of hydrogen-bond donors (Lipinski definition) is 5. The number of carbonyl (C=O) groups is 3. The Kier molecular flexibility index (Phi) is 33.9. The van der Waals surface area contributed by atoms with Gasteiger partial charge < -0.3 is 74.4 Å².